The van der Waals surface area contributed by atoms with Crippen molar-refractivity contribution in [1.29, 1.82) is 0 Å². The maximum atomic E-state index is 12.5. The van der Waals surface area contributed by atoms with Gasteiger partial charge in [-0.25, -0.2) is 12.7 Å². The molecule has 5 heteroatoms. The van der Waals surface area contributed by atoms with Crippen LogP contribution in [0.2, 0.25) is 0 Å². The summed E-state index contributed by atoms with van der Waals surface area (Å²) in [6, 6.07) is 5.47. The molecule has 108 valence electrons. The first-order valence-corrected chi connectivity index (χ1v) is 8.14. The van der Waals surface area contributed by atoms with Crippen molar-refractivity contribution in [2.75, 3.05) is 20.1 Å². The molecule has 0 aliphatic carbocycles. The zero-order chi connectivity index (χ0) is 14.5. The lowest BCUT2D eigenvalue weighted by Crippen LogP contribution is -2.28. The molecule has 0 bridgehead atoms. The van der Waals surface area contributed by atoms with Gasteiger partial charge >= 0.3 is 0 Å². The second-order valence-corrected chi connectivity index (χ2v) is 6.66. The fraction of sp³-hybridized carbons (Fsp3) is 0.571. The molecule has 0 fully saturated rings. The molecule has 1 N–H and O–H groups in total. The Kier molecular flexibility index (Phi) is 5.97. The number of nitrogens with zero attached hydrogens (tertiary/aromatic N) is 1. The number of hydrogen-bond donors (Lipinski definition) is 1. The van der Waals surface area contributed by atoms with Crippen LogP contribution in [-0.2, 0) is 16.6 Å². The van der Waals surface area contributed by atoms with E-state index in [2.05, 4.69) is 5.32 Å². The van der Waals surface area contributed by atoms with E-state index in [9.17, 15) is 8.42 Å². The Morgan fingerprint density at radius 1 is 1.26 bits per heavy atom. The molecule has 0 amide bonds. The van der Waals surface area contributed by atoms with Crippen LogP contribution < -0.4 is 5.32 Å². The Morgan fingerprint density at radius 3 is 2.53 bits per heavy atom. The molecule has 0 saturated carbocycles. The minimum absolute atomic E-state index is 0.416. The molecule has 19 heavy (non-hydrogen) atoms. The lowest BCUT2D eigenvalue weighted by atomic mass is 10.1. The van der Waals surface area contributed by atoms with Gasteiger partial charge in [-0.2, -0.15) is 0 Å². The second kappa shape index (κ2) is 7.03. The van der Waals surface area contributed by atoms with Crippen molar-refractivity contribution in [2.24, 2.45) is 0 Å². The number of rotatable bonds is 7. The van der Waals surface area contributed by atoms with E-state index in [4.69, 9.17) is 0 Å². The van der Waals surface area contributed by atoms with E-state index < -0.39 is 10.0 Å². The highest BCUT2D eigenvalue weighted by Crippen LogP contribution is 2.22. The Balaban J connectivity index is 3.13. The summed E-state index contributed by atoms with van der Waals surface area (Å²) in [5, 5.41) is 3.23. The van der Waals surface area contributed by atoms with Crippen LogP contribution in [0.15, 0.2) is 23.1 Å². The summed E-state index contributed by atoms with van der Waals surface area (Å²) in [4.78, 5) is 0.416. The van der Waals surface area contributed by atoms with Gasteiger partial charge in [0, 0.05) is 20.1 Å². The van der Waals surface area contributed by atoms with Gasteiger partial charge in [-0.3, -0.25) is 0 Å². The summed E-state index contributed by atoms with van der Waals surface area (Å²) in [6.45, 7) is 7.99. The van der Waals surface area contributed by atoms with Crippen LogP contribution in [0.3, 0.4) is 0 Å². The average molecular weight is 284 g/mol. The molecular formula is C14H24N2O2S. The predicted molar refractivity (Wildman–Crippen MR) is 78.7 cm³/mol. The molecule has 0 saturated heterocycles. The molecule has 1 aromatic carbocycles. The second-order valence-electron chi connectivity index (χ2n) is 4.65. The van der Waals surface area contributed by atoms with E-state index in [1.165, 1.54) is 4.31 Å². The van der Waals surface area contributed by atoms with Crippen molar-refractivity contribution >= 4 is 10.0 Å². The maximum Gasteiger partial charge on any atom is 0.243 e. The monoisotopic (exact) mass is 284 g/mol. The summed E-state index contributed by atoms with van der Waals surface area (Å²) < 4.78 is 26.4. The molecule has 0 unspecified atom stereocenters. The van der Waals surface area contributed by atoms with Crippen molar-refractivity contribution in [3.8, 4) is 0 Å². The lowest BCUT2D eigenvalue weighted by molar-refractivity contribution is 0.468. The van der Waals surface area contributed by atoms with Crippen LogP contribution in [-0.4, -0.2) is 32.9 Å². The highest BCUT2D eigenvalue weighted by atomic mass is 32.2. The molecule has 0 heterocycles. The van der Waals surface area contributed by atoms with E-state index in [1.807, 2.05) is 32.9 Å². The van der Waals surface area contributed by atoms with Gasteiger partial charge in [0.25, 0.3) is 0 Å². The minimum atomic E-state index is -3.37. The van der Waals surface area contributed by atoms with E-state index in [1.54, 1.807) is 13.1 Å². The van der Waals surface area contributed by atoms with E-state index in [-0.39, 0.29) is 0 Å². The normalized spacial score (nSPS) is 12.1. The van der Waals surface area contributed by atoms with Crippen molar-refractivity contribution in [1.82, 2.24) is 9.62 Å². The van der Waals surface area contributed by atoms with Crippen LogP contribution in [0.4, 0.5) is 0 Å². The van der Waals surface area contributed by atoms with Crippen molar-refractivity contribution < 1.29 is 8.42 Å². The minimum Gasteiger partial charge on any atom is -0.313 e. The van der Waals surface area contributed by atoms with Crippen molar-refractivity contribution in [3.05, 3.63) is 29.3 Å². The Bertz CT molecular complexity index is 512. The Morgan fingerprint density at radius 2 is 1.95 bits per heavy atom. The fourth-order valence-corrected chi connectivity index (χ4v) is 3.52. The van der Waals surface area contributed by atoms with Gasteiger partial charge in [0.1, 0.15) is 0 Å². The zero-order valence-electron chi connectivity index (χ0n) is 12.2. The van der Waals surface area contributed by atoms with Crippen LogP contribution in [0, 0.1) is 6.92 Å². The number of benzene rings is 1. The first-order chi connectivity index (χ1) is 8.95. The number of nitrogens with one attached hydrogen (secondary N) is 1. The van der Waals surface area contributed by atoms with Gasteiger partial charge in [0.05, 0.1) is 4.90 Å². The van der Waals surface area contributed by atoms with Gasteiger partial charge in [0.15, 0.2) is 0 Å². The van der Waals surface area contributed by atoms with E-state index in [0.29, 0.717) is 18.0 Å². The smallest absolute Gasteiger partial charge is 0.243 e. The van der Waals surface area contributed by atoms with Crippen molar-refractivity contribution in [3.63, 3.8) is 0 Å². The zero-order valence-corrected chi connectivity index (χ0v) is 13.0. The standard InChI is InChI=1S/C14H24N2O2S/c1-5-10-16(4)19(17,18)14-9-7-8-13(12(14)3)11-15-6-2/h7-9,15H,5-6,10-11H2,1-4H3. The highest BCUT2D eigenvalue weighted by Gasteiger charge is 2.22. The Hall–Kier alpha value is -0.910. The lowest BCUT2D eigenvalue weighted by Gasteiger charge is -2.19. The van der Waals surface area contributed by atoms with Gasteiger partial charge in [-0.1, -0.05) is 26.0 Å². The molecule has 0 aliphatic rings. The molecule has 1 aromatic rings. The number of sulfonamides is 1. The van der Waals surface area contributed by atoms with Crippen LogP contribution in [0.25, 0.3) is 0 Å². The third kappa shape index (κ3) is 3.78. The third-order valence-electron chi connectivity index (χ3n) is 3.19. The molecule has 1 rings (SSSR count). The van der Waals surface area contributed by atoms with Crippen LogP contribution in [0.5, 0.6) is 0 Å². The molecule has 0 atom stereocenters. The van der Waals surface area contributed by atoms with Gasteiger partial charge in [0.2, 0.25) is 10.0 Å². The first-order valence-electron chi connectivity index (χ1n) is 6.70. The van der Waals surface area contributed by atoms with E-state index in [0.717, 1.165) is 24.1 Å². The van der Waals surface area contributed by atoms with Crippen LogP contribution >= 0.6 is 0 Å². The third-order valence-corrected chi connectivity index (χ3v) is 5.19. The summed E-state index contributed by atoms with van der Waals surface area (Å²) in [5.41, 5.74) is 1.87. The van der Waals surface area contributed by atoms with Crippen LogP contribution in [0.1, 0.15) is 31.4 Å². The van der Waals surface area contributed by atoms with Gasteiger partial charge in [-0.05, 0) is 37.1 Å². The average Bonchev–Trinajstić information content (AvgIpc) is 2.37. The highest BCUT2D eigenvalue weighted by molar-refractivity contribution is 7.89. The van der Waals surface area contributed by atoms with Crippen molar-refractivity contribution in [2.45, 2.75) is 38.6 Å². The SMILES string of the molecule is CCCN(C)S(=O)(=O)c1cccc(CNCC)c1C. The quantitative estimate of drug-likeness (QED) is 0.834. The molecule has 0 aromatic heterocycles. The molecular weight excluding hydrogens is 260 g/mol. The molecule has 0 radical (unpaired) electrons. The maximum absolute atomic E-state index is 12.5. The fourth-order valence-electron chi connectivity index (χ4n) is 1.99. The summed E-state index contributed by atoms with van der Waals surface area (Å²) in [5.74, 6) is 0. The molecule has 0 spiro atoms. The molecule has 0 aliphatic heterocycles. The molecule has 4 nitrogen and oxygen atoms in total. The number of hydrogen-bond acceptors (Lipinski definition) is 3. The van der Waals surface area contributed by atoms with Gasteiger partial charge in [-0.15, -0.1) is 0 Å². The predicted octanol–water partition coefficient (Wildman–Crippen LogP) is 2.14. The topological polar surface area (TPSA) is 49.4 Å². The summed E-state index contributed by atoms with van der Waals surface area (Å²) >= 11 is 0. The summed E-state index contributed by atoms with van der Waals surface area (Å²) in [7, 11) is -1.74. The summed E-state index contributed by atoms with van der Waals surface area (Å²) in [6.07, 6.45) is 0.811. The Labute approximate surface area is 116 Å². The van der Waals surface area contributed by atoms with Gasteiger partial charge < -0.3 is 5.32 Å². The largest absolute Gasteiger partial charge is 0.313 e. The first kappa shape index (κ1) is 16.1. The van der Waals surface area contributed by atoms with E-state index >= 15 is 0 Å².